The zero-order valence-electron chi connectivity index (χ0n) is 15.1. The molecule has 0 atom stereocenters. The largest absolute Gasteiger partial charge is 0.497 e. The highest BCUT2D eigenvalue weighted by Gasteiger charge is 2.15. The van der Waals surface area contributed by atoms with E-state index >= 15 is 0 Å². The predicted molar refractivity (Wildman–Crippen MR) is 111 cm³/mol. The molecule has 0 radical (unpaired) electrons. The average Bonchev–Trinajstić information content (AvgIpc) is 3.08. The number of carbonyl (C=O) groups excluding carboxylic acids is 1. The number of nitrogens with zero attached hydrogens (tertiary/aromatic N) is 2. The number of nitro groups is 1. The smallest absolute Gasteiger partial charge is 0.311 e. The lowest BCUT2D eigenvalue weighted by Crippen LogP contribution is -2.13. The van der Waals surface area contributed by atoms with Crippen molar-refractivity contribution in [1.82, 2.24) is 4.98 Å². The third-order valence-electron chi connectivity index (χ3n) is 3.78. The Morgan fingerprint density at radius 3 is 2.79 bits per heavy atom. The fourth-order valence-electron chi connectivity index (χ4n) is 2.47. The molecule has 0 fully saturated rings. The maximum absolute atomic E-state index is 12.2. The van der Waals surface area contributed by atoms with Gasteiger partial charge in [-0.1, -0.05) is 17.4 Å². The van der Waals surface area contributed by atoms with Crippen molar-refractivity contribution in [2.75, 3.05) is 25.3 Å². The van der Waals surface area contributed by atoms with Crippen molar-refractivity contribution in [2.24, 2.45) is 0 Å². The summed E-state index contributed by atoms with van der Waals surface area (Å²) < 4.78 is 11.1. The van der Waals surface area contributed by atoms with Gasteiger partial charge in [-0.05, 0) is 29.8 Å². The van der Waals surface area contributed by atoms with E-state index in [-0.39, 0.29) is 23.1 Å². The fraction of sp³-hybridized carbons (Fsp3) is 0.222. The van der Waals surface area contributed by atoms with Gasteiger partial charge >= 0.3 is 5.69 Å². The Morgan fingerprint density at radius 1 is 1.25 bits per heavy atom. The first kappa shape index (κ1) is 19.9. The molecule has 0 spiro atoms. The van der Waals surface area contributed by atoms with Crippen LogP contribution in [0.3, 0.4) is 0 Å². The summed E-state index contributed by atoms with van der Waals surface area (Å²) in [6, 6.07) is 10.3. The van der Waals surface area contributed by atoms with Gasteiger partial charge in [0, 0.05) is 11.8 Å². The Labute approximate surface area is 169 Å². The van der Waals surface area contributed by atoms with Gasteiger partial charge in [-0.25, -0.2) is 4.98 Å². The van der Waals surface area contributed by atoms with E-state index in [2.05, 4.69) is 10.3 Å². The van der Waals surface area contributed by atoms with Crippen LogP contribution in [0.1, 0.15) is 5.56 Å². The average molecular weight is 419 g/mol. The zero-order chi connectivity index (χ0) is 20.1. The number of thiazole rings is 1. The Bertz CT molecular complexity index is 1020. The van der Waals surface area contributed by atoms with Crippen LogP contribution in [0.15, 0.2) is 36.4 Å². The van der Waals surface area contributed by atoms with Gasteiger partial charge in [0.2, 0.25) is 5.91 Å². The number of fused-ring (bicyclic) bond motifs is 1. The molecule has 3 rings (SSSR count). The summed E-state index contributed by atoms with van der Waals surface area (Å²) in [4.78, 5) is 27.1. The number of methoxy groups -OCH3 is 2. The second-order valence-corrected chi connectivity index (χ2v) is 7.67. The highest BCUT2D eigenvalue weighted by atomic mass is 32.2. The van der Waals surface area contributed by atoms with Gasteiger partial charge in [-0.15, -0.1) is 11.8 Å². The SMILES string of the molecule is COc1ccc2nc(NC(=O)CSCc3ccc(OC)c([N+](=O)[O-])c3)sc2c1. The summed E-state index contributed by atoms with van der Waals surface area (Å²) in [5.41, 5.74) is 1.45. The monoisotopic (exact) mass is 419 g/mol. The molecule has 1 aromatic heterocycles. The van der Waals surface area contributed by atoms with Crippen molar-refractivity contribution >= 4 is 50.0 Å². The number of benzene rings is 2. The number of amides is 1. The predicted octanol–water partition coefficient (Wildman–Crippen LogP) is 4.09. The molecule has 0 aliphatic carbocycles. The summed E-state index contributed by atoms with van der Waals surface area (Å²) >= 11 is 2.73. The Hall–Kier alpha value is -2.85. The van der Waals surface area contributed by atoms with Gasteiger partial charge < -0.3 is 14.8 Å². The second kappa shape index (κ2) is 8.89. The molecule has 0 bridgehead atoms. The molecule has 146 valence electrons. The number of carbonyl (C=O) groups is 1. The summed E-state index contributed by atoms with van der Waals surface area (Å²) in [7, 11) is 2.98. The topological polar surface area (TPSA) is 104 Å². The fourth-order valence-corrected chi connectivity index (χ4v) is 4.16. The lowest BCUT2D eigenvalue weighted by Gasteiger charge is -2.05. The van der Waals surface area contributed by atoms with E-state index in [9.17, 15) is 14.9 Å². The molecule has 0 saturated carbocycles. The van der Waals surface area contributed by atoms with Crippen molar-refractivity contribution in [2.45, 2.75) is 5.75 Å². The molecule has 10 heteroatoms. The molecular formula is C18H17N3O5S2. The van der Waals surface area contributed by atoms with Crippen LogP contribution in [-0.4, -0.2) is 35.8 Å². The number of nitrogens with one attached hydrogen (secondary N) is 1. The summed E-state index contributed by atoms with van der Waals surface area (Å²) in [6.45, 7) is 0. The lowest BCUT2D eigenvalue weighted by atomic mass is 10.2. The molecule has 3 aromatic rings. The van der Waals surface area contributed by atoms with Crippen molar-refractivity contribution in [1.29, 1.82) is 0 Å². The van der Waals surface area contributed by atoms with Crippen molar-refractivity contribution in [3.8, 4) is 11.5 Å². The molecule has 0 aliphatic rings. The highest BCUT2D eigenvalue weighted by molar-refractivity contribution is 7.99. The highest BCUT2D eigenvalue weighted by Crippen LogP contribution is 2.30. The minimum Gasteiger partial charge on any atom is -0.497 e. The molecular weight excluding hydrogens is 402 g/mol. The van der Waals surface area contributed by atoms with Crippen molar-refractivity contribution in [3.05, 3.63) is 52.1 Å². The normalized spacial score (nSPS) is 10.6. The van der Waals surface area contributed by atoms with Crippen LogP contribution in [0, 0.1) is 10.1 Å². The molecule has 1 N–H and O–H groups in total. The van der Waals surface area contributed by atoms with E-state index < -0.39 is 4.92 Å². The minimum atomic E-state index is -0.484. The van der Waals surface area contributed by atoms with Crippen LogP contribution in [0.2, 0.25) is 0 Å². The molecule has 0 aliphatic heterocycles. The molecule has 0 unspecified atom stereocenters. The first-order valence-electron chi connectivity index (χ1n) is 8.13. The summed E-state index contributed by atoms with van der Waals surface area (Å²) in [6.07, 6.45) is 0. The number of aromatic nitrogens is 1. The number of hydrogen-bond acceptors (Lipinski definition) is 8. The van der Waals surface area contributed by atoms with E-state index in [0.717, 1.165) is 21.5 Å². The maximum atomic E-state index is 12.2. The van der Waals surface area contributed by atoms with Crippen LogP contribution < -0.4 is 14.8 Å². The van der Waals surface area contributed by atoms with Gasteiger partial charge in [0.15, 0.2) is 10.9 Å². The first-order chi connectivity index (χ1) is 13.5. The van der Waals surface area contributed by atoms with Crippen LogP contribution in [0.5, 0.6) is 11.5 Å². The lowest BCUT2D eigenvalue weighted by molar-refractivity contribution is -0.385. The third-order valence-corrected chi connectivity index (χ3v) is 5.72. The molecule has 2 aromatic carbocycles. The number of ether oxygens (including phenoxy) is 2. The minimum absolute atomic E-state index is 0.0880. The van der Waals surface area contributed by atoms with Gasteiger partial charge in [0.25, 0.3) is 0 Å². The zero-order valence-corrected chi connectivity index (χ0v) is 16.8. The van der Waals surface area contributed by atoms with Gasteiger partial charge in [-0.2, -0.15) is 0 Å². The van der Waals surface area contributed by atoms with E-state index in [1.54, 1.807) is 19.2 Å². The maximum Gasteiger partial charge on any atom is 0.311 e. The number of anilines is 1. The van der Waals surface area contributed by atoms with Gasteiger partial charge in [-0.3, -0.25) is 14.9 Å². The first-order valence-corrected chi connectivity index (χ1v) is 10.1. The van der Waals surface area contributed by atoms with Crippen molar-refractivity contribution < 1.29 is 19.2 Å². The molecule has 8 nitrogen and oxygen atoms in total. The number of hydrogen-bond donors (Lipinski definition) is 1. The van der Waals surface area contributed by atoms with E-state index in [4.69, 9.17) is 9.47 Å². The number of thioether (sulfide) groups is 1. The molecule has 1 heterocycles. The van der Waals surface area contributed by atoms with Crippen LogP contribution >= 0.6 is 23.1 Å². The van der Waals surface area contributed by atoms with Crippen molar-refractivity contribution in [3.63, 3.8) is 0 Å². The van der Waals surface area contributed by atoms with Gasteiger partial charge in [0.1, 0.15) is 5.75 Å². The van der Waals surface area contributed by atoms with Gasteiger partial charge in [0.05, 0.1) is 35.1 Å². The summed E-state index contributed by atoms with van der Waals surface area (Å²) in [5, 5.41) is 14.4. The molecule has 0 saturated heterocycles. The third kappa shape index (κ3) is 4.70. The van der Waals surface area contributed by atoms with Crippen LogP contribution in [0.25, 0.3) is 10.2 Å². The van der Waals surface area contributed by atoms with E-state index in [0.29, 0.717) is 10.9 Å². The number of nitro benzene ring substituents is 1. The van der Waals surface area contributed by atoms with E-state index in [1.165, 1.54) is 36.3 Å². The van der Waals surface area contributed by atoms with E-state index in [1.807, 2.05) is 18.2 Å². The Balaban J connectivity index is 1.56. The Morgan fingerprint density at radius 2 is 2.07 bits per heavy atom. The second-order valence-electron chi connectivity index (χ2n) is 5.66. The van der Waals surface area contributed by atoms with Crippen LogP contribution in [0.4, 0.5) is 10.8 Å². The standard InChI is InChI=1S/C18H17N3O5S2/c1-25-12-4-5-13-16(8-12)28-18(19-13)20-17(22)10-27-9-11-3-6-15(26-2)14(7-11)21(23)24/h3-8H,9-10H2,1-2H3,(H,19,20,22). The Kier molecular flexibility index (Phi) is 6.32. The van der Waals surface area contributed by atoms with Crippen LogP contribution in [-0.2, 0) is 10.5 Å². The quantitative estimate of drug-likeness (QED) is 0.433. The summed E-state index contributed by atoms with van der Waals surface area (Å²) in [5.74, 6) is 1.44. The number of rotatable bonds is 8. The molecule has 28 heavy (non-hydrogen) atoms. The molecule has 1 amide bonds.